The SMILES string of the molecule is CN=C(NCc1nc(C)c(C)o1)NCC(c1ccc(OC)cc1)N1CCCC1. The Kier molecular flexibility index (Phi) is 6.92. The fourth-order valence-corrected chi connectivity index (χ4v) is 3.53. The number of rotatable bonds is 7. The van der Waals surface area contributed by atoms with E-state index in [-0.39, 0.29) is 6.04 Å². The van der Waals surface area contributed by atoms with Gasteiger partial charge in [0.1, 0.15) is 11.5 Å². The largest absolute Gasteiger partial charge is 0.497 e. The van der Waals surface area contributed by atoms with E-state index in [1.807, 2.05) is 26.0 Å². The van der Waals surface area contributed by atoms with Gasteiger partial charge in [0.2, 0.25) is 5.89 Å². The molecule has 0 amide bonds. The molecule has 7 heteroatoms. The second kappa shape index (κ2) is 9.59. The van der Waals surface area contributed by atoms with Gasteiger partial charge in [0.05, 0.1) is 25.4 Å². The van der Waals surface area contributed by atoms with Gasteiger partial charge in [-0.15, -0.1) is 0 Å². The van der Waals surface area contributed by atoms with Crippen LogP contribution >= 0.6 is 0 Å². The minimum absolute atomic E-state index is 0.290. The highest BCUT2D eigenvalue weighted by Crippen LogP contribution is 2.26. The summed E-state index contributed by atoms with van der Waals surface area (Å²) in [6.45, 7) is 7.40. The summed E-state index contributed by atoms with van der Waals surface area (Å²) in [6.07, 6.45) is 2.50. The number of benzene rings is 1. The molecule has 1 aliphatic rings. The van der Waals surface area contributed by atoms with Gasteiger partial charge in [0.25, 0.3) is 0 Å². The molecule has 152 valence electrons. The second-order valence-corrected chi connectivity index (χ2v) is 7.09. The van der Waals surface area contributed by atoms with Crippen LogP contribution in [0.15, 0.2) is 33.7 Å². The van der Waals surface area contributed by atoms with Gasteiger partial charge in [-0.3, -0.25) is 9.89 Å². The van der Waals surface area contributed by atoms with E-state index in [2.05, 4.69) is 37.6 Å². The molecule has 3 rings (SSSR count). The summed E-state index contributed by atoms with van der Waals surface area (Å²) in [5.74, 6) is 3.15. The van der Waals surface area contributed by atoms with E-state index in [4.69, 9.17) is 9.15 Å². The summed E-state index contributed by atoms with van der Waals surface area (Å²) >= 11 is 0. The first-order valence-corrected chi connectivity index (χ1v) is 9.86. The van der Waals surface area contributed by atoms with Crippen molar-refractivity contribution in [3.8, 4) is 5.75 Å². The highest BCUT2D eigenvalue weighted by molar-refractivity contribution is 5.79. The predicted molar refractivity (Wildman–Crippen MR) is 111 cm³/mol. The first kappa shape index (κ1) is 20.2. The molecule has 0 saturated carbocycles. The molecule has 1 aromatic heterocycles. The van der Waals surface area contributed by atoms with Crippen molar-refractivity contribution in [1.82, 2.24) is 20.5 Å². The lowest BCUT2D eigenvalue weighted by molar-refractivity contribution is 0.245. The molecule has 1 fully saturated rings. The number of ether oxygens (including phenoxy) is 1. The normalized spacial score (nSPS) is 16.2. The van der Waals surface area contributed by atoms with Crippen LogP contribution in [-0.4, -0.2) is 49.6 Å². The zero-order valence-corrected chi connectivity index (χ0v) is 17.3. The van der Waals surface area contributed by atoms with Crippen molar-refractivity contribution in [1.29, 1.82) is 0 Å². The second-order valence-electron chi connectivity index (χ2n) is 7.09. The number of hydrogen-bond acceptors (Lipinski definition) is 5. The van der Waals surface area contributed by atoms with Crippen molar-refractivity contribution in [3.05, 3.63) is 47.2 Å². The number of methoxy groups -OCH3 is 1. The molecule has 0 aliphatic carbocycles. The zero-order chi connectivity index (χ0) is 19.9. The smallest absolute Gasteiger partial charge is 0.214 e. The lowest BCUT2D eigenvalue weighted by Gasteiger charge is -2.29. The van der Waals surface area contributed by atoms with Crippen LogP contribution in [-0.2, 0) is 6.54 Å². The summed E-state index contributed by atoms with van der Waals surface area (Å²) in [7, 11) is 3.47. The third kappa shape index (κ3) is 5.04. The molecule has 0 radical (unpaired) electrons. The third-order valence-electron chi connectivity index (χ3n) is 5.25. The van der Waals surface area contributed by atoms with Gasteiger partial charge < -0.3 is 19.8 Å². The van der Waals surface area contributed by atoms with E-state index in [9.17, 15) is 0 Å². The topological polar surface area (TPSA) is 74.9 Å². The molecule has 2 aromatic rings. The Morgan fingerprint density at radius 1 is 1.21 bits per heavy atom. The molecule has 1 aromatic carbocycles. The maximum absolute atomic E-state index is 5.63. The molecular weight excluding hydrogens is 354 g/mol. The molecule has 28 heavy (non-hydrogen) atoms. The summed E-state index contributed by atoms with van der Waals surface area (Å²) in [5, 5.41) is 6.75. The molecule has 7 nitrogen and oxygen atoms in total. The number of likely N-dealkylation sites (tertiary alicyclic amines) is 1. The number of aliphatic imine (C=N–C) groups is 1. The van der Waals surface area contributed by atoms with Crippen molar-refractivity contribution in [2.45, 2.75) is 39.3 Å². The van der Waals surface area contributed by atoms with Crippen LogP contribution < -0.4 is 15.4 Å². The molecule has 0 bridgehead atoms. The highest BCUT2D eigenvalue weighted by Gasteiger charge is 2.23. The van der Waals surface area contributed by atoms with Gasteiger partial charge in [0, 0.05) is 13.6 Å². The molecule has 0 spiro atoms. The minimum Gasteiger partial charge on any atom is -0.497 e. The van der Waals surface area contributed by atoms with Gasteiger partial charge >= 0.3 is 0 Å². The van der Waals surface area contributed by atoms with Crippen LogP contribution in [0, 0.1) is 13.8 Å². The maximum Gasteiger partial charge on any atom is 0.214 e. The average molecular weight is 386 g/mol. The van der Waals surface area contributed by atoms with Gasteiger partial charge in [0.15, 0.2) is 5.96 Å². The monoisotopic (exact) mass is 385 g/mol. The van der Waals surface area contributed by atoms with Gasteiger partial charge in [-0.1, -0.05) is 12.1 Å². The van der Waals surface area contributed by atoms with Crippen LogP contribution in [0.25, 0.3) is 0 Å². The van der Waals surface area contributed by atoms with Crippen molar-refractivity contribution < 1.29 is 9.15 Å². The van der Waals surface area contributed by atoms with E-state index in [0.717, 1.165) is 42.8 Å². The zero-order valence-electron chi connectivity index (χ0n) is 17.3. The molecule has 1 atom stereocenters. The van der Waals surface area contributed by atoms with Crippen molar-refractivity contribution in [2.75, 3.05) is 33.8 Å². The lowest BCUT2D eigenvalue weighted by Crippen LogP contribution is -2.42. The van der Waals surface area contributed by atoms with Crippen LogP contribution in [0.1, 0.15) is 41.8 Å². The number of oxazole rings is 1. The number of nitrogens with zero attached hydrogens (tertiary/aromatic N) is 3. The number of nitrogens with one attached hydrogen (secondary N) is 2. The van der Waals surface area contributed by atoms with E-state index < -0.39 is 0 Å². The van der Waals surface area contributed by atoms with E-state index in [1.165, 1.54) is 18.4 Å². The van der Waals surface area contributed by atoms with Crippen molar-refractivity contribution in [3.63, 3.8) is 0 Å². The Morgan fingerprint density at radius 2 is 1.93 bits per heavy atom. The lowest BCUT2D eigenvalue weighted by atomic mass is 10.1. The number of hydrogen-bond donors (Lipinski definition) is 2. The Bertz CT molecular complexity index is 759. The number of guanidine groups is 1. The van der Waals surface area contributed by atoms with Crippen molar-refractivity contribution in [2.24, 2.45) is 4.99 Å². The Labute approximate surface area is 167 Å². The Morgan fingerprint density at radius 3 is 2.50 bits per heavy atom. The molecule has 1 aliphatic heterocycles. The number of aromatic nitrogens is 1. The molecular formula is C21H31N5O2. The van der Waals surface area contributed by atoms with Gasteiger partial charge in [-0.05, 0) is 57.5 Å². The average Bonchev–Trinajstić information content (AvgIpc) is 3.35. The number of aryl methyl sites for hydroxylation is 2. The first-order valence-electron chi connectivity index (χ1n) is 9.86. The quantitative estimate of drug-likeness (QED) is 0.564. The van der Waals surface area contributed by atoms with Crippen molar-refractivity contribution >= 4 is 5.96 Å². The van der Waals surface area contributed by atoms with Crippen LogP contribution in [0.3, 0.4) is 0 Å². The first-order chi connectivity index (χ1) is 13.6. The van der Waals surface area contributed by atoms with E-state index >= 15 is 0 Å². The van der Waals surface area contributed by atoms with Gasteiger partial charge in [-0.2, -0.15) is 0 Å². The van der Waals surface area contributed by atoms with Crippen LogP contribution in [0.2, 0.25) is 0 Å². The Balaban J connectivity index is 1.62. The predicted octanol–water partition coefficient (Wildman–Crippen LogP) is 2.80. The summed E-state index contributed by atoms with van der Waals surface area (Å²) in [4.78, 5) is 11.3. The van der Waals surface area contributed by atoms with E-state index in [1.54, 1.807) is 14.2 Å². The molecule has 1 unspecified atom stereocenters. The summed E-state index contributed by atoms with van der Waals surface area (Å²) in [5.41, 5.74) is 2.21. The van der Waals surface area contributed by atoms with Gasteiger partial charge in [-0.25, -0.2) is 4.98 Å². The van der Waals surface area contributed by atoms with Crippen LogP contribution in [0.5, 0.6) is 5.75 Å². The maximum atomic E-state index is 5.63. The molecule has 2 heterocycles. The summed E-state index contributed by atoms with van der Waals surface area (Å²) < 4.78 is 10.9. The van der Waals surface area contributed by atoms with E-state index in [0.29, 0.717) is 12.4 Å². The standard InChI is InChI=1S/C21H31N5O2/c1-15-16(2)28-20(25-15)14-24-21(22-3)23-13-19(26-11-5-6-12-26)17-7-9-18(27-4)10-8-17/h7-10,19H,5-6,11-14H2,1-4H3,(H2,22,23,24). The fourth-order valence-electron chi connectivity index (χ4n) is 3.53. The van der Waals surface area contributed by atoms with Crippen LogP contribution in [0.4, 0.5) is 0 Å². The molecule has 2 N–H and O–H groups in total. The summed E-state index contributed by atoms with van der Waals surface area (Å²) in [6, 6.07) is 8.64. The molecule has 1 saturated heterocycles. The Hall–Kier alpha value is -2.54. The highest BCUT2D eigenvalue weighted by atomic mass is 16.5. The minimum atomic E-state index is 0.290. The fraction of sp³-hybridized carbons (Fsp3) is 0.524. The third-order valence-corrected chi connectivity index (χ3v) is 5.25.